The number of carboxylic acids is 1. The average molecular weight is 257 g/mol. The first kappa shape index (κ1) is 15.0. The van der Waals surface area contributed by atoms with Crippen molar-refractivity contribution in [3.05, 3.63) is 0 Å². The molecule has 0 spiro atoms. The van der Waals surface area contributed by atoms with Crippen LogP contribution in [0.2, 0.25) is 0 Å². The third-order valence-electron chi connectivity index (χ3n) is 3.62. The van der Waals surface area contributed by atoms with Crippen LogP contribution >= 0.6 is 0 Å². The van der Waals surface area contributed by atoms with Crippen LogP contribution in [-0.4, -0.2) is 48.2 Å². The number of hydrogen-bond acceptors (Lipinski definition) is 3. The molecule has 0 aromatic rings. The molecule has 18 heavy (non-hydrogen) atoms. The summed E-state index contributed by atoms with van der Waals surface area (Å²) >= 11 is 0. The molecule has 0 saturated carbocycles. The lowest BCUT2D eigenvalue weighted by atomic mass is 9.80. The summed E-state index contributed by atoms with van der Waals surface area (Å²) in [6.07, 6.45) is 2.31. The van der Waals surface area contributed by atoms with E-state index in [4.69, 9.17) is 9.84 Å². The number of ether oxygens (including phenoxy) is 1. The number of carbonyl (C=O) groups is 2. The minimum absolute atomic E-state index is 0.113. The fourth-order valence-electron chi connectivity index (χ4n) is 2.09. The molecule has 5 heteroatoms. The molecule has 0 radical (unpaired) electrons. The molecule has 1 rings (SSSR count). The lowest BCUT2D eigenvalue weighted by Crippen LogP contribution is -2.45. The number of nitrogens with zero attached hydrogens (tertiary/aromatic N) is 1. The first-order valence-electron chi connectivity index (χ1n) is 6.58. The van der Waals surface area contributed by atoms with E-state index in [-0.39, 0.29) is 5.91 Å². The highest BCUT2D eigenvalue weighted by Gasteiger charge is 2.37. The second-order valence-electron chi connectivity index (χ2n) is 5.05. The maximum Gasteiger partial charge on any atom is 0.309 e. The maximum absolute atomic E-state index is 11.9. The molecule has 0 atom stereocenters. The van der Waals surface area contributed by atoms with Gasteiger partial charge in [0.2, 0.25) is 5.91 Å². The average Bonchev–Trinajstić information content (AvgIpc) is 2.35. The normalized spacial score (nSPS) is 18.7. The number of amides is 1. The van der Waals surface area contributed by atoms with Gasteiger partial charge >= 0.3 is 5.97 Å². The zero-order valence-electron chi connectivity index (χ0n) is 11.3. The molecule has 5 nitrogen and oxygen atoms in total. The summed E-state index contributed by atoms with van der Waals surface area (Å²) in [6.45, 7) is 6.08. The lowest BCUT2D eigenvalue weighted by molar-refractivity contribution is -0.153. The van der Waals surface area contributed by atoms with E-state index in [1.807, 2.05) is 6.92 Å². The predicted octanol–water partition coefficient (Wildman–Crippen LogP) is 1.52. The van der Waals surface area contributed by atoms with Crippen LogP contribution in [0.15, 0.2) is 0 Å². The number of carbonyl (C=O) groups excluding carboxylic acids is 1. The van der Waals surface area contributed by atoms with Crippen molar-refractivity contribution in [1.29, 1.82) is 0 Å². The van der Waals surface area contributed by atoms with E-state index in [2.05, 4.69) is 0 Å². The van der Waals surface area contributed by atoms with Gasteiger partial charge in [0.1, 0.15) is 0 Å². The fraction of sp³-hybridized carbons (Fsp3) is 0.846. The minimum Gasteiger partial charge on any atom is -0.481 e. The zero-order chi connectivity index (χ0) is 13.6. The van der Waals surface area contributed by atoms with Gasteiger partial charge in [0.15, 0.2) is 0 Å². The predicted molar refractivity (Wildman–Crippen MR) is 67.3 cm³/mol. The van der Waals surface area contributed by atoms with Gasteiger partial charge in [-0.05, 0) is 33.1 Å². The van der Waals surface area contributed by atoms with Crippen molar-refractivity contribution in [1.82, 2.24) is 4.90 Å². The highest BCUT2D eigenvalue weighted by Crippen LogP contribution is 2.31. The van der Waals surface area contributed by atoms with Crippen molar-refractivity contribution >= 4 is 11.9 Å². The number of rotatable bonds is 6. The van der Waals surface area contributed by atoms with E-state index in [0.29, 0.717) is 45.6 Å². The van der Waals surface area contributed by atoms with E-state index >= 15 is 0 Å². The van der Waals surface area contributed by atoms with Crippen LogP contribution in [0, 0.1) is 5.41 Å². The first-order valence-corrected chi connectivity index (χ1v) is 6.58. The van der Waals surface area contributed by atoms with Crippen molar-refractivity contribution in [3.8, 4) is 0 Å². The van der Waals surface area contributed by atoms with Crippen molar-refractivity contribution < 1.29 is 19.4 Å². The molecule has 0 aromatic carbocycles. The van der Waals surface area contributed by atoms with Crippen LogP contribution in [-0.2, 0) is 14.3 Å². The maximum atomic E-state index is 11.9. The summed E-state index contributed by atoms with van der Waals surface area (Å²) in [5.41, 5.74) is -0.665. The number of likely N-dealkylation sites (tertiary alicyclic amines) is 1. The summed E-state index contributed by atoms with van der Waals surface area (Å²) in [5.74, 6) is -0.645. The Hall–Kier alpha value is -1.10. The highest BCUT2D eigenvalue weighted by molar-refractivity contribution is 5.78. The van der Waals surface area contributed by atoms with Gasteiger partial charge in [-0.25, -0.2) is 0 Å². The molecule has 1 aliphatic heterocycles. The van der Waals surface area contributed by atoms with E-state index in [1.165, 1.54) is 0 Å². The Bertz CT molecular complexity index is 295. The van der Waals surface area contributed by atoms with Gasteiger partial charge in [-0.2, -0.15) is 0 Å². The van der Waals surface area contributed by atoms with Crippen molar-refractivity contribution in [2.75, 3.05) is 26.3 Å². The van der Waals surface area contributed by atoms with E-state index < -0.39 is 11.4 Å². The molecule has 1 saturated heterocycles. The van der Waals surface area contributed by atoms with Crippen LogP contribution in [0.25, 0.3) is 0 Å². The van der Waals surface area contributed by atoms with Gasteiger partial charge in [0.05, 0.1) is 5.41 Å². The summed E-state index contributed by atoms with van der Waals surface area (Å²) in [7, 11) is 0. The molecular formula is C13H23NO4. The third kappa shape index (κ3) is 3.98. The molecule has 1 heterocycles. The molecule has 0 bridgehead atoms. The minimum atomic E-state index is -0.758. The van der Waals surface area contributed by atoms with Gasteiger partial charge in [-0.1, -0.05) is 0 Å². The highest BCUT2D eigenvalue weighted by atomic mass is 16.5. The number of hydrogen-bond donors (Lipinski definition) is 1. The van der Waals surface area contributed by atoms with Gasteiger partial charge in [-0.3, -0.25) is 9.59 Å². The quantitative estimate of drug-likeness (QED) is 0.732. The summed E-state index contributed by atoms with van der Waals surface area (Å²) in [5, 5.41) is 9.10. The molecular weight excluding hydrogens is 234 g/mol. The Labute approximate surface area is 108 Å². The second kappa shape index (κ2) is 6.73. The Morgan fingerprint density at radius 2 is 1.94 bits per heavy atom. The van der Waals surface area contributed by atoms with Crippen LogP contribution in [0.4, 0.5) is 0 Å². The molecule has 1 aliphatic rings. The van der Waals surface area contributed by atoms with Gasteiger partial charge in [0.25, 0.3) is 0 Å². The van der Waals surface area contributed by atoms with E-state index in [0.717, 1.165) is 6.42 Å². The van der Waals surface area contributed by atoms with Crippen LogP contribution < -0.4 is 0 Å². The Kier molecular flexibility index (Phi) is 5.59. The van der Waals surface area contributed by atoms with Gasteiger partial charge in [-0.15, -0.1) is 0 Å². The number of carboxylic acid groups (broad SMARTS) is 1. The van der Waals surface area contributed by atoms with E-state index in [9.17, 15) is 9.59 Å². The topological polar surface area (TPSA) is 66.8 Å². The Morgan fingerprint density at radius 1 is 1.33 bits per heavy atom. The van der Waals surface area contributed by atoms with Gasteiger partial charge < -0.3 is 14.7 Å². The molecule has 0 aromatic heterocycles. The molecule has 1 N–H and O–H groups in total. The summed E-state index contributed by atoms with van der Waals surface area (Å²) in [4.78, 5) is 24.7. The van der Waals surface area contributed by atoms with Crippen LogP contribution in [0.1, 0.15) is 39.5 Å². The SMILES string of the molecule is CCOCCCC(=O)N1CCC(C)(C(=O)O)CC1. The molecule has 0 aliphatic carbocycles. The molecule has 1 fully saturated rings. The summed E-state index contributed by atoms with van der Waals surface area (Å²) < 4.78 is 5.19. The smallest absolute Gasteiger partial charge is 0.309 e. The van der Waals surface area contributed by atoms with Crippen molar-refractivity contribution in [2.24, 2.45) is 5.41 Å². The Morgan fingerprint density at radius 3 is 2.44 bits per heavy atom. The summed E-state index contributed by atoms with van der Waals surface area (Å²) in [6, 6.07) is 0. The largest absolute Gasteiger partial charge is 0.481 e. The second-order valence-corrected chi connectivity index (χ2v) is 5.05. The van der Waals surface area contributed by atoms with Crippen molar-refractivity contribution in [2.45, 2.75) is 39.5 Å². The van der Waals surface area contributed by atoms with Crippen LogP contribution in [0.3, 0.4) is 0 Å². The third-order valence-corrected chi connectivity index (χ3v) is 3.62. The fourth-order valence-corrected chi connectivity index (χ4v) is 2.09. The number of aliphatic carboxylic acids is 1. The van der Waals surface area contributed by atoms with E-state index in [1.54, 1.807) is 11.8 Å². The molecule has 1 amide bonds. The molecule has 0 unspecified atom stereocenters. The monoisotopic (exact) mass is 257 g/mol. The van der Waals surface area contributed by atoms with Crippen LogP contribution in [0.5, 0.6) is 0 Å². The van der Waals surface area contributed by atoms with Crippen molar-refractivity contribution in [3.63, 3.8) is 0 Å². The molecule has 104 valence electrons. The lowest BCUT2D eigenvalue weighted by Gasteiger charge is -2.36. The van der Waals surface area contributed by atoms with Gasteiger partial charge in [0, 0.05) is 32.7 Å². The number of piperidine rings is 1. The Balaban J connectivity index is 2.30. The standard InChI is InChI=1S/C13H23NO4/c1-3-18-10-4-5-11(15)14-8-6-13(2,7-9-14)12(16)17/h3-10H2,1-2H3,(H,16,17). The first-order chi connectivity index (χ1) is 8.49. The zero-order valence-corrected chi connectivity index (χ0v) is 11.3.